The van der Waals surface area contributed by atoms with Gasteiger partial charge in [0.1, 0.15) is 0 Å². The molecule has 0 radical (unpaired) electrons. The lowest BCUT2D eigenvalue weighted by molar-refractivity contribution is -0.489. The van der Waals surface area contributed by atoms with E-state index in [2.05, 4.69) is 13.8 Å². The van der Waals surface area contributed by atoms with Crippen LogP contribution in [-0.4, -0.2) is 11.5 Å². The third-order valence-electron chi connectivity index (χ3n) is 2.42. The predicted octanol–water partition coefficient (Wildman–Crippen LogP) is 2.73. The Labute approximate surface area is 74.3 Å². The fourth-order valence-electron chi connectivity index (χ4n) is 1.23. The maximum atomic E-state index is 10.2. The van der Waals surface area contributed by atoms with Crippen LogP contribution in [0.5, 0.6) is 0 Å². The van der Waals surface area contributed by atoms with E-state index in [1.807, 2.05) is 6.92 Å². The molecule has 0 rings (SSSR count). The van der Waals surface area contributed by atoms with Gasteiger partial charge in [-0.2, -0.15) is 0 Å². The van der Waals surface area contributed by atoms with E-state index in [9.17, 15) is 10.1 Å². The summed E-state index contributed by atoms with van der Waals surface area (Å²) in [4.78, 5) is 9.98. The predicted molar refractivity (Wildman–Crippen MR) is 49.7 cm³/mol. The van der Waals surface area contributed by atoms with Crippen molar-refractivity contribution < 1.29 is 4.92 Å². The van der Waals surface area contributed by atoms with Crippen LogP contribution in [0, 0.1) is 22.0 Å². The van der Waals surface area contributed by atoms with Crippen molar-refractivity contribution in [3.05, 3.63) is 10.1 Å². The minimum Gasteiger partial charge on any atom is -0.265 e. The van der Waals surface area contributed by atoms with Crippen molar-refractivity contribution in [3.8, 4) is 0 Å². The first kappa shape index (κ1) is 11.4. The van der Waals surface area contributed by atoms with Crippen LogP contribution in [0.15, 0.2) is 0 Å². The molecule has 0 saturated heterocycles. The van der Waals surface area contributed by atoms with Gasteiger partial charge in [-0.1, -0.05) is 40.0 Å². The van der Waals surface area contributed by atoms with E-state index in [-0.39, 0.29) is 17.4 Å². The summed E-state index contributed by atoms with van der Waals surface area (Å²) >= 11 is 0. The normalized spacial score (nSPS) is 15.6. The maximum Gasteiger partial charge on any atom is 0.206 e. The van der Waals surface area contributed by atoms with Gasteiger partial charge in [-0.15, -0.1) is 0 Å². The first-order valence-electron chi connectivity index (χ1n) is 4.69. The minimum absolute atomic E-state index is 0.116. The van der Waals surface area contributed by atoms with E-state index in [0.717, 1.165) is 6.42 Å². The van der Waals surface area contributed by atoms with Gasteiger partial charge in [-0.3, -0.25) is 10.1 Å². The molecule has 1 unspecified atom stereocenters. The van der Waals surface area contributed by atoms with Gasteiger partial charge in [-0.25, -0.2) is 0 Å². The largest absolute Gasteiger partial charge is 0.265 e. The Kier molecular flexibility index (Phi) is 5.68. The Morgan fingerprint density at radius 2 is 1.92 bits per heavy atom. The SMILES string of the molecule is CCCCC(C)[C@H](C)C[N+](=O)[O-]. The van der Waals surface area contributed by atoms with Gasteiger partial charge >= 0.3 is 0 Å². The van der Waals surface area contributed by atoms with Crippen molar-refractivity contribution >= 4 is 0 Å². The van der Waals surface area contributed by atoms with Crippen LogP contribution in [0.3, 0.4) is 0 Å². The zero-order chi connectivity index (χ0) is 9.56. The molecule has 0 aliphatic carbocycles. The Bertz CT molecular complexity index is 136. The van der Waals surface area contributed by atoms with E-state index < -0.39 is 0 Å². The Morgan fingerprint density at radius 3 is 2.33 bits per heavy atom. The summed E-state index contributed by atoms with van der Waals surface area (Å²) in [6.07, 6.45) is 3.48. The molecule has 2 atom stereocenters. The molecule has 0 amide bonds. The van der Waals surface area contributed by atoms with Gasteiger partial charge in [0.25, 0.3) is 0 Å². The molecule has 3 heteroatoms. The molecule has 0 aliphatic heterocycles. The average Bonchev–Trinajstić information content (AvgIpc) is 1.98. The average molecular weight is 173 g/mol. The third kappa shape index (κ3) is 5.10. The smallest absolute Gasteiger partial charge is 0.206 e. The van der Waals surface area contributed by atoms with Gasteiger partial charge in [0.05, 0.1) is 0 Å². The molecule has 12 heavy (non-hydrogen) atoms. The quantitative estimate of drug-likeness (QED) is 0.458. The summed E-state index contributed by atoms with van der Waals surface area (Å²) in [6.45, 7) is 6.32. The van der Waals surface area contributed by atoms with Crippen LogP contribution in [0.4, 0.5) is 0 Å². The number of hydrogen-bond acceptors (Lipinski definition) is 2. The van der Waals surface area contributed by atoms with Crippen LogP contribution < -0.4 is 0 Å². The van der Waals surface area contributed by atoms with Gasteiger partial charge < -0.3 is 0 Å². The Balaban J connectivity index is 3.60. The first-order valence-corrected chi connectivity index (χ1v) is 4.69. The van der Waals surface area contributed by atoms with E-state index in [1.165, 1.54) is 12.8 Å². The standard InChI is InChI=1S/C9H19NO2/c1-4-5-6-8(2)9(3)7-10(11)12/h8-9H,4-7H2,1-3H3/t8?,9-/m1/s1. The van der Waals surface area contributed by atoms with Gasteiger partial charge in [0.2, 0.25) is 6.54 Å². The fraction of sp³-hybridized carbons (Fsp3) is 1.00. The second-order valence-electron chi connectivity index (χ2n) is 3.61. The van der Waals surface area contributed by atoms with Crippen LogP contribution >= 0.6 is 0 Å². The number of nitro groups is 1. The second kappa shape index (κ2) is 5.98. The van der Waals surface area contributed by atoms with Gasteiger partial charge in [-0.05, 0) is 5.92 Å². The first-order chi connectivity index (χ1) is 5.57. The van der Waals surface area contributed by atoms with Crippen LogP contribution in [-0.2, 0) is 0 Å². The number of nitrogens with zero attached hydrogens (tertiary/aromatic N) is 1. The Morgan fingerprint density at radius 1 is 1.33 bits per heavy atom. The van der Waals surface area contributed by atoms with Crippen molar-refractivity contribution in [2.75, 3.05) is 6.54 Å². The molecule has 0 aromatic rings. The maximum absolute atomic E-state index is 10.2. The molecule has 0 saturated carbocycles. The zero-order valence-corrected chi connectivity index (χ0v) is 8.25. The van der Waals surface area contributed by atoms with Crippen molar-refractivity contribution in [2.24, 2.45) is 11.8 Å². The number of hydrogen-bond donors (Lipinski definition) is 0. The van der Waals surface area contributed by atoms with Crippen molar-refractivity contribution in [1.29, 1.82) is 0 Å². The van der Waals surface area contributed by atoms with Gasteiger partial charge in [0, 0.05) is 10.8 Å². The zero-order valence-electron chi connectivity index (χ0n) is 8.25. The van der Waals surface area contributed by atoms with E-state index in [1.54, 1.807) is 0 Å². The molecule has 0 bridgehead atoms. The molecule has 0 fully saturated rings. The molecule has 0 aliphatic rings. The van der Waals surface area contributed by atoms with E-state index in [0.29, 0.717) is 5.92 Å². The Hall–Kier alpha value is -0.600. The van der Waals surface area contributed by atoms with Crippen molar-refractivity contribution in [1.82, 2.24) is 0 Å². The fourth-order valence-corrected chi connectivity index (χ4v) is 1.23. The molecule has 0 aromatic heterocycles. The van der Waals surface area contributed by atoms with Crippen LogP contribution in [0.1, 0.15) is 40.0 Å². The molecule has 72 valence electrons. The molecular weight excluding hydrogens is 154 g/mol. The summed E-state index contributed by atoms with van der Waals surface area (Å²) in [7, 11) is 0. The van der Waals surface area contributed by atoms with Crippen molar-refractivity contribution in [2.45, 2.75) is 40.0 Å². The molecular formula is C9H19NO2. The lowest BCUT2D eigenvalue weighted by Crippen LogP contribution is -2.18. The highest BCUT2D eigenvalue weighted by Gasteiger charge is 2.16. The topological polar surface area (TPSA) is 43.1 Å². The highest BCUT2D eigenvalue weighted by molar-refractivity contribution is 4.60. The van der Waals surface area contributed by atoms with Crippen LogP contribution in [0.2, 0.25) is 0 Å². The number of rotatable bonds is 6. The second-order valence-corrected chi connectivity index (χ2v) is 3.61. The minimum atomic E-state index is -0.215. The number of unbranched alkanes of at least 4 members (excludes halogenated alkanes) is 1. The summed E-state index contributed by atoms with van der Waals surface area (Å²) in [5.41, 5.74) is 0. The van der Waals surface area contributed by atoms with Gasteiger partial charge in [0.15, 0.2) is 0 Å². The lowest BCUT2D eigenvalue weighted by Gasteiger charge is -2.15. The lowest BCUT2D eigenvalue weighted by atomic mass is 9.91. The van der Waals surface area contributed by atoms with E-state index in [4.69, 9.17) is 0 Å². The molecule has 0 N–H and O–H groups in total. The molecule has 3 nitrogen and oxygen atoms in total. The van der Waals surface area contributed by atoms with Crippen LogP contribution in [0.25, 0.3) is 0 Å². The summed E-state index contributed by atoms with van der Waals surface area (Å²) in [6, 6.07) is 0. The third-order valence-corrected chi connectivity index (χ3v) is 2.42. The highest BCUT2D eigenvalue weighted by atomic mass is 16.6. The molecule has 0 heterocycles. The monoisotopic (exact) mass is 173 g/mol. The summed E-state index contributed by atoms with van der Waals surface area (Å²) < 4.78 is 0. The van der Waals surface area contributed by atoms with E-state index >= 15 is 0 Å². The summed E-state index contributed by atoms with van der Waals surface area (Å²) in [5.74, 6) is 0.696. The van der Waals surface area contributed by atoms with Crippen molar-refractivity contribution in [3.63, 3.8) is 0 Å². The summed E-state index contributed by atoms with van der Waals surface area (Å²) in [5, 5.41) is 10.2. The molecule has 0 aromatic carbocycles. The molecule has 0 spiro atoms. The highest BCUT2D eigenvalue weighted by Crippen LogP contribution is 2.17.